The largest absolute Gasteiger partial charge is 0.396 e. The molecule has 0 aliphatic rings. The van der Waals surface area contributed by atoms with Crippen LogP contribution >= 0.6 is 15.9 Å². The summed E-state index contributed by atoms with van der Waals surface area (Å²) in [6, 6.07) is 0. The highest BCUT2D eigenvalue weighted by atomic mass is 79.9. The first-order chi connectivity index (χ1) is 7.63. The summed E-state index contributed by atoms with van der Waals surface area (Å²) in [7, 11) is 0. The third-order valence-electron chi connectivity index (χ3n) is 2.24. The average molecular weight is 289 g/mol. The molecule has 90 valence electrons. The molecule has 1 aromatic rings. The average Bonchev–Trinajstić information content (AvgIpc) is 2.28. The molecule has 4 N–H and O–H groups in total. The van der Waals surface area contributed by atoms with Gasteiger partial charge in [-0.1, -0.05) is 6.92 Å². The van der Waals surface area contributed by atoms with Crippen molar-refractivity contribution in [2.45, 2.75) is 19.8 Å². The second-order valence-electron chi connectivity index (χ2n) is 3.78. The molecule has 0 radical (unpaired) electrons. The number of aromatic nitrogens is 2. The highest BCUT2D eigenvalue weighted by Gasteiger charge is 2.03. The number of aliphatic hydroxyl groups excluding tert-OH is 1. The molecule has 1 aromatic heterocycles. The molecule has 0 aromatic carbocycles. The molecule has 0 fully saturated rings. The fraction of sp³-hybridized carbons (Fsp3) is 0.600. The first-order valence-corrected chi connectivity index (χ1v) is 6.05. The maximum Gasteiger partial charge on any atom is 0.221 e. The lowest BCUT2D eigenvalue weighted by molar-refractivity contribution is 0.229. The zero-order valence-electron chi connectivity index (χ0n) is 9.28. The van der Waals surface area contributed by atoms with Crippen molar-refractivity contribution in [3.05, 3.63) is 10.7 Å². The molecule has 6 heteroatoms. The zero-order chi connectivity index (χ0) is 12.0. The smallest absolute Gasteiger partial charge is 0.221 e. The first kappa shape index (κ1) is 13.2. The molecular formula is C10H17BrN4O. The summed E-state index contributed by atoms with van der Waals surface area (Å²) in [6.45, 7) is 3.07. The number of hydrogen-bond acceptors (Lipinski definition) is 5. The SMILES string of the molecule is CC(CO)CCCNc1nc(N)ncc1Br. The number of nitrogens with zero attached hydrogens (tertiary/aromatic N) is 2. The Hall–Kier alpha value is -0.880. The van der Waals surface area contributed by atoms with E-state index in [-0.39, 0.29) is 12.6 Å². The summed E-state index contributed by atoms with van der Waals surface area (Å²) in [5, 5.41) is 12.0. The molecule has 0 saturated heterocycles. The van der Waals surface area contributed by atoms with Gasteiger partial charge in [-0.15, -0.1) is 0 Å². The van der Waals surface area contributed by atoms with E-state index in [0.717, 1.165) is 23.9 Å². The number of anilines is 2. The Morgan fingerprint density at radius 1 is 1.62 bits per heavy atom. The van der Waals surface area contributed by atoms with E-state index in [1.54, 1.807) is 6.20 Å². The summed E-state index contributed by atoms with van der Waals surface area (Å²) in [6.07, 6.45) is 3.60. The van der Waals surface area contributed by atoms with Gasteiger partial charge in [0.1, 0.15) is 5.82 Å². The van der Waals surface area contributed by atoms with Crippen molar-refractivity contribution < 1.29 is 5.11 Å². The summed E-state index contributed by atoms with van der Waals surface area (Å²) >= 11 is 3.34. The van der Waals surface area contributed by atoms with Crippen LogP contribution in [0.1, 0.15) is 19.8 Å². The van der Waals surface area contributed by atoms with E-state index in [1.165, 1.54) is 0 Å². The lowest BCUT2D eigenvalue weighted by atomic mass is 10.1. The van der Waals surface area contributed by atoms with E-state index in [1.807, 2.05) is 6.92 Å². The summed E-state index contributed by atoms with van der Waals surface area (Å²) in [4.78, 5) is 7.92. The molecule has 1 atom stereocenters. The topological polar surface area (TPSA) is 84.1 Å². The van der Waals surface area contributed by atoms with E-state index in [9.17, 15) is 0 Å². The maximum atomic E-state index is 8.87. The molecule has 5 nitrogen and oxygen atoms in total. The van der Waals surface area contributed by atoms with Gasteiger partial charge in [0.15, 0.2) is 0 Å². The van der Waals surface area contributed by atoms with Gasteiger partial charge in [0.25, 0.3) is 0 Å². The Morgan fingerprint density at radius 2 is 2.38 bits per heavy atom. The van der Waals surface area contributed by atoms with E-state index in [2.05, 4.69) is 31.2 Å². The second-order valence-corrected chi connectivity index (χ2v) is 4.64. The van der Waals surface area contributed by atoms with Crippen molar-refractivity contribution in [2.24, 2.45) is 5.92 Å². The number of nitrogen functional groups attached to an aromatic ring is 1. The van der Waals surface area contributed by atoms with Crippen LogP contribution in [0.3, 0.4) is 0 Å². The fourth-order valence-electron chi connectivity index (χ4n) is 1.25. The van der Waals surface area contributed by atoms with E-state index in [0.29, 0.717) is 11.7 Å². The number of nitrogens with one attached hydrogen (secondary N) is 1. The highest BCUT2D eigenvalue weighted by molar-refractivity contribution is 9.10. The highest BCUT2D eigenvalue weighted by Crippen LogP contribution is 2.19. The molecule has 1 unspecified atom stereocenters. The van der Waals surface area contributed by atoms with Gasteiger partial charge in [-0.25, -0.2) is 4.98 Å². The zero-order valence-corrected chi connectivity index (χ0v) is 10.9. The van der Waals surface area contributed by atoms with Crippen LogP contribution in [0.5, 0.6) is 0 Å². The van der Waals surface area contributed by atoms with E-state index >= 15 is 0 Å². The quantitative estimate of drug-likeness (QED) is 0.693. The molecule has 0 saturated carbocycles. The van der Waals surface area contributed by atoms with Crippen LogP contribution in [-0.4, -0.2) is 28.2 Å². The second kappa shape index (κ2) is 6.65. The third-order valence-corrected chi connectivity index (χ3v) is 2.82. The first-order valence-electron chi connectivity index (χ1n) is 5.26. The van der Waals surface area contributed by atoms with Crippen molar-refractivity contribution in [1.29, 1.82) is 0 Å². The van der Waals surface area contributed by atoms with Crippen molar-refractivity contribution in [3.63, 3.8) is 0 Å². The number of halogens is 1. The van der Waals surface area contributed by atoms with Gasteiger partial charge in [-0.05, 0) is 34.7 Å². The Labute approximate surface area is 104 Å². The van der Waals surface area contributed by atoms with Crippen LogP contribution in [0.25, 0.3) is 0 Å². The number of aliphatic hydroxyl groups is 1. The molecule has 0 spiro atoms. The lowest BCUT2D eigenvalue weighted by Gasteiger charge is -2.09. The lowest BCUT2D eigenvalue weighted by Crippen LogP contribution is -2.09. The van der Waals surface area contributed by atoms with Crippen LogP contribution in [0.2, 0.25) is 0 Å². The Morgan fingerprint density at radius 3 is 3.06 bits per heavy atom. The monoisotopic (exact) mass is 288 g/mol. The van der Waals surface area contributed by atoms with Gasteiger partial charge in [-0.2, -0.15) is 4.98 Å². The molecular weight excluding hydrogens is 272 g/mol. The van der Waals surface area contributed by atoms with Gasteiger partial charge in [0.05, 0.1) is 4.47 Å². The molecule has 0 amide bonds. The predicted molar refractivity (Wildman–Crippen MR) is 68.1 cm³/mol. The Bertz CT molecular complexity index is 335. The predicted octanol–water partition coefficient (Wildman–Crippen LogP) is 1.64. The minimum atomic E-state index is 0.240. The van der Waals surface area contributed by atoms with E-state index < -0.39 is 0 Å². The van der Waals surface area contributed by atoms with Crippen LogP contribution in [0.4, 0.5) is 11.8 Å². The third kappa shape index (κ3) is 4.32. The summed E-state index contributed by atoms with van der Waals surface area (Å²) in [5.41, 5.74) is 5.49. The van der Waals surface area contributed by atoms with Crippen LogP contribution < -0.4 is 11.1 Å². The molecule has 1 heterocycles. The molecule has 1 rings (SSSR count). The Balaban J connectivity index is 2.34. The van der Waals surface area contributed by atoms with Gasteiger partial charge in [0.2, 0.25) is 5.95 Å². The fourth-order valence-corrected chi connectivity index (χ4v) is 1.58. The number of hydrogen-bond donors (Lipinski definition) is 3. The molecule has 16 heavy (non-hydrogen) atoms. The standard InChI is InChI=1S/C10H17BrN4O/c1-7(6-16)3-2-4-13-9-8(11)5-14-10(12)15-9/h5,7,16H,2-4,6H2,1H3,(H3,12,13,14,15). The van der Waals surface area contributed by atoms with Crippen molar-refractivity contribution in [1.82, 2.24) is 9.97 Å². The van der Waals surface area contributed by atoms with Crippen molar-refractivity contribution in [2.75, 3.05) is 24.2 Å². The van der Waals surface area contributed by atoms with Crippen LogP contribution in [0, 0.1) is 5.92 Å². The van der Waals surface area contributed by atoms with E-state index in [4.69, 9.17) is 10.8 Å². The van der Waals surface area contributed by atoms with Crippen LogP contribution in [0.15, 0.2) is 10.7 Å². The van der Waals surface area contributed by atoms with Gasteiger partial charge >= 0.3 is 0 Å². The minimum Gasteiger partial charge on any atom is -0.396 e. The number of nitrogens with two attached hydrogens (primary N) is 1. The minimum absolute atomic E-state index is 0.240. The van der Waals surface area contributed by atoms with Crippen molar-refractivity contribution in [3.8, 4) is 0 Å². The van der Waals surface area contributed by atoms with Gasteiger partial charge in [-0.3, -0.25) is 0 Å². The van der Waals surface area contributed by atoms with Gasteiger partial charge < -0.3 is 16.2 Å². The molecule has 0 aliphatic heterocycles. The van der Waals surface area contributed by atoms with Crippen molar-refractivity contribution >= 4 is 27.7 Å². The number of rotatable bonds is 6. The van der Waals surface area contributed by atoms with Crippen LogP contribution in [-0.2, 0) is 0 Å². The normalized spacial score (nSPS) is 12.4. The molecule has 0 aliphatic carbocycles. The Kier molecular flexibility index (Phi) is 5.48. The van der Waals surface area contributed by atoms with Gasteiger partial charge in [0, 0.05) is 19.3 Å². The summed E-state index contributed by atoms with van der Waals surface area (Å²) in [5.74, 6) is 1.32. The maximum absolute atomic E-state index is 8.87. The molecule has 0 bridgehead atoms. The summed E-state index contributed by atoms with van der Waals surface area (Å²) < 4.78 is 0.803.